The molecule has 0 saturated carbocycles. The van der Waals surface area contributed by atoms with Gasteiger partial charge >= 0.3 is 12.0 Å². The molecular weight excluding hydrogens is 244 g/mol. The van der Waals surface area contributed by atoms with Crippen molar-refractivity contribution in [3.05, 3.63) is 0 Å². The summed E-state index contributed by atoms with van der Waals surface area (Å²) in [5, 5.41) is 11.3. The molecule has 0 bridgehead atoms. The molecule has 2 N–H and O–H groups in total. The number of carbonyl (C=O) groups excluding carboxylic acids is 1. The van der Waals surface area contributed by atoms with Crippen LogP contribution in [0.1, 0.15) is 20.8 Å². The number of rotatable bonds is 6. The zero-order valence-electron chi connectivity index (χ0n) is 10.6. The van der Waals surface area contributed by atoms with Crippen LogP contribution in [0, 0.1) is 0 Å². The van der Waals surface area contributed by atoms with Crippen molar-refractivity contribution in [1.29, 1.82) is 0 Å². The number of hydrogen-bond acceptors (Lipinski definition) is 3. The van der Waals surface area contributed by atoms with Crippen LogP contribution in [0.5, 0.6) is 0 Å². The summed E-state index contributed by atoms with van der Waals surface area (Å²) in [7, 11) is -0.996. The first-order valence-corrected chi connectivity index (χ1v) is 7.05. The molecule has 0 fully saturated rings. The molecule has 0 heterocycles. The molecule has 6 nitrogen and oxygen atoms in total. The lowest BCUT2D eigenvalue weighted by atomic mass is 10.3. The average Bonchev–Trinajstić information content (AvgIpc) is 2.11. The summed E-state index contributed by atoms with van der Waals surface area (Å²) < 4.78 is 11.0. The summed E-state index contributed by atoms with van der Waals surface area (Å²) in [6.07, 6.45) is 1.56. The predicted molar refractivity (Wildman–Crippen MR) is 66.4 cm³/mol. The standard InChI is InChI=1S/C10H20N2O4S/c1-7(2)12(5-9(13)14)10(15)11-8(3)6-17(4)16/h7-8H,5-6H2,1-4H3,(H,11,15)(H,13,14). The van der Waals surface area contributed by atoms with Gasteiger partial charge in [0.15, 0.2) is 0 Å². The summed E-state index contributed by atoms with van der Waals surface area (Å²) >= 11 is 0. The lowest BCUT2D eigenvalue weighted by Crippen LogP contribution is -2.49. The molecule has 0 saturated heterocycles. The van der Waals surface area contributed by atoms with Gasteiger partial charge in [0.05, 0.1) is 0 Å². The number of carboxylic acid groups (broad SMARTS) is 1. The summed E-state index contributed by atoms with van der Waals surface area (Å²) in [5.74, 6) is -0.703. The number of amides is 2. The van der Waals surface area contributed by atoms with Gasteiger partial charge in [-0.05, 0) is 20.8 Å². The molecule has 0 aliphatic rings. The molecule has 2 atom stereocenters. The monoisotopic (exact) mass is 264 g/mol. The van der Waals surface area contributed by atoms with Crippen LogP contribution in [0.3, 0.4) is 0 Å². The van der Waals surface area contributed by atoms with Crippen LogP contribution in [0.4, 0.5) is 4.79 Å². The quantitative estimate of drug-likeness (QED) is 0.720. The van der Waals surface area contributed by atoms with E-state index in [9.17, 15) is 13.8 Å². The van der Waals surface area contributed by atoms with Crippen LogP contribution in [-0.4, -0.2) is 56.9 Å². The second-order valence-electron chi connectivity index (χ2n) is 4.21. The smallest absolute Gasteiger partial charge is 0.323 e. The highest BCUT2D eigenvalue weighted by Crippen LogP contribution is 1.99. The molecule has 2 amide bonds. The Morgan fingerprint density at radius 1 is 1.35 bits per heavy atom. The third kappa shape index (κ3) is 6.93. The second-order valence-corrected chi connectivity index (χ2v) is 5.69. The Morgan fingerprint density at radius 3 is 2.24 bits per heavy atom. The number of carbonyl (C=O) groups is 2. The van der Waals surface area contributed by atoms with E-state index in [1.54, 1.807) is 27.0 Å². The van der Waals surface area contributed by atoms with Gasteiger partial charge in [-0.3, -0.25) is 9.00 Å². The number of carboxylic acids is 1. The van der Waals surface area contributed by atoms with Crippen LogP contribution in [0.15, 0.2) is 0 Å². The molecule has 100 valence electrons. The van der Waals surface area contributed by atoms with Crippen molar-refractivity contribution in [2.75, 3.05) is 18.6 Å². The summed E-state index contributed by atoms with van der Waals surface area (Å²) in [6.45, 7) is 4.88. The topological polar surface area (TPSA) is 86.7 Å². The Morgan fingerprint density at radius 2 is 1.88 bits per heavy atom. The summed E-state index contributed by atoms with van der Waals surface area (Å²) in [4.78, 5) is 23.6. The Labute approximate surface area is 104 Å². The fraction of sp³-hybridized carbons (Fsp3) is 0.800. The number of hydrogen-bond donors (Lipinski definition) is 2. The molecule has 17 heavy (non-hydrogen) atoms. The fourth-order valence-corrected chi connectivity index (χ4v) is 2.11. The van der Waals surface area contributed by atoms with Crippen LogP contribution in [-0.2, 0) is 15.6 Å². The summed E-state index contributed by atoms with van der Waals surface area (Å²) in [6, 6.07) is -0.894. The Kier molecular flexibility index (Phi) is 6.79. The first-order valence-electron chi connectivity index (χ1n) is 5.33. The van der Waals surface area contributed by atoms with Crippen molar-refractivity contribution in [3.63, 3.8) is 0 Å². The Bertz CT molecular complexity index is 307. The number of aliphatic carboxylic acids is 1. The molecule has 0 aromatic heterocycles. The maximum absolute atomic E-state index is 11.8. The molecule has 0 aliphatic heterocycles. The molecule has 0 aromatic rings. The third-order valence-corrected chi connectivity index (χ3v) is 3.01. The van der Waals surface area contributed by atoms with Gasteiger partial charge in [0.1, 0.15) is 6.54 Å². The highest BCUT2D eigenvalue weighted by Gasteiger charge is 2.21. The second kappa shape index (κ2) is 7.26. The molecule has 0 aliphatic carbocycles. The van der Waals surface area contributed by atoms with E-state index < -0.39 is 22.8 Å². The first-order chi connectivity index (χ1) is 7.73. The van der Waals surface area contributed by atoms with Crippen molar-refractivity contribution < 1.29 is 18.9 Å². The largest absolute Gasteiger partial charge is 0.480 e. The van der Waals surface area contributed by atoms with Gasteiger partial charge in [0.25, 0.3) is 0 Å². The van der Waals surface area contributed by atoms with Gasteiger partial charge < -0.3 is 15.3 Å². The van der Waals surface area contributed by atoms with Crippen LogP contribution < -0.4 is 5.32 Å². The maximum Gasteiger partial charge on any atom is 0.323 e. The van der Waals surface area contributed by atoms with Crippen LogP contribution >= 0.6 is 0 Å². The Hall–Kier alpha value is -1.11. The Balaban J connectivity index is 4.42. The zero-order chi connectivity index (χ0) is 13.6. The van der Waals surface area contributed by atoms with Gasteiger partial charge in [-0.15, -0.1) is 0 Å². The fourth-order valence-electron chi connectivity index (χ4n) is 1.32. The number of nitrogens with one attached hydrogen (secondary N) is 1. The molecule has 0 radical (unpaired) electrons. The molecule has 0 rings (SSSR count). The number of nitrogens with zero attached hydrogens (tertiary/aromatic N) is 1. The van der Waals surface area contributed by atoms with Gasteiger partial charge in [-0.25, -0.2) is 4.79 Å². The highest BCUT2D eigenvalue weighted by molar-refractivity contribution is 7.84. The normalized spacial score (nSPS) is 14.2. The van der Waals surface area contributed by atoms with Crippen molar-refractivity contribution in [2.45, 2.75) is 32.9 Å². The van der Waals surface area contributed by atoms with Gasteiger partial charge in [-0.1, -0.05) is 0 Å². The summed E-state index contributed by atoms with van der Waals surface area (Å²) in [5.41, 5.74) is 0. The lowest BCUT2D eigenvalue weighted by Gasteiger charge is -2.26. The molecular formula is C10H20N2O4S. The maximum atomic E-state index is 11.8. The zero-order valence-corrected chi connectivity index (χ0v) is 11.4. The first kappa shape index (κ1) is 15.9. The lowest BCUT2D eigenvalue weighted by molar-refractivity contribution is -0.138. The SMILES string of the molecule is CC(CS(C)=O)NC(=O)N(CC(=O)O)C(C)C. The van der Waals surface area contributed by atoms with E-state index in [-0.39, 0.29) is 18.6 Å². The average molecular weight is 264 g/mol. The van der Waals surface area contributed by atoms with E-state index in [1.807, 2.05) is 0 Å². The van der Waals surface area contributed by atoms with Crippen molar-refractivity contribution in [1.82, 2.24) is 10.2 Å². The van der Waals surface area contributed by atoms with E-state index in [2.05, 4.69) is 5.32 Å². The van der Waals surface area contributed by atoms with E-state index in [0.29, 0.717) is 5.75 Å². The van der Waals surface area contributed by atoms with E-state index in [0.717, 1.165) is 0 Å². The minimum atomic E-state index is -1.06. The van der Waals surface area contributed by atoms with Crippen molar-refractivity contribution in [3.8, 4) is 0 Å². The van der Waals surface area contributed by atoms with Gasteiger partial charge in [0.2, 0.25) is 0 Å². The number of urea groups is 1. The van der Waals surface area contributed by atoms with E-state index in [4.69, 9.17) is 5.11 Å². The van der Waals surface area contributed by atoms with Crippen molar-refractivity contribution in [2.24, 2.45) is 0 Å². The molecule has 0 aromatic carbocycles. The highest BCUT2D eigenvalue weighted by atomic mass is 32.2. The van der Waals surface area contributed by atoms with E-state index >= 15 is 0 Å². The third-order valence-electron chi connectivity index (χ3n) is 2.04. The minimum Gasteiger partial charge on any atom is -0.480 e. The van der Waals surface area contributed by atoms with Crippen LogP contribution in [0.25, 0.3) is 0 Å². The van der Waals surface area contributed by atoms with Crippen molar-refractivity contribution >= 4 is 22.8 Å². The predicted octanol–water partition coefficient (Wildman–Crippen LogP) is 0.258. The molecule has 0 spiro atoms. The van der Waals surface area contributed by atoms with Crippen LogP contribution in [0.2, 0.25) is 0 Å². The van der Waals surface area contributed by atoms with E-state index in [1.165, 1.54) is 4.90 Å². The van der Waals surface area contributed by atoms with Gasteiger partial charge in [0, 0.05) is 34.9 Å². The molecule has 2 unspecified atom stereocenters. The van der Waals surface area contributed by atoms with Gasteiger partial charge in [-0.2, -0.15) is 0 Å². The minimum absolute atomic E-state index is 0.203. The molecule has 7 heteroatoms.